The molecule has 2 rings (SSSR count). The van der Waals surface area contributed by atoms with E-state index in [4.69, 9.17) is 0 Å². The van der Waals surface area contributed by atoms with Crippen molar-refractivity contribution in [2.24, 2.45) is 5.92 Å². The van der Waals surface area contributed by atoms with Crippen molar-refractivity contribution < 1.29 is 14.7 Å². The lowest BCUT2D eigenvalue weighted by atomic mass is 9.89. The Morgan fingerprint density at radius 1 is 1.41 bits per heavy atom. The molecule has 118 valence electrons. The molecule has 0 aromatic heterocycles. The van der Waals surface area contributed by atoms with Crippen molar-refractivity contribution in [2.75, 3.05) is 6.54 Å². The number of rotatable bonds is 5. The molecule has 3 atom stereocenters. The van der Waals surface area contributed by atoms with Crippen LogP contribution in [0.2, 0.25) is 0 Å². The molecule has 1 N–H and O–H groups in total. The molecule has 22 heavy (non-hydrogen) atoms. The normalized spacial score (nSPS) is 22.9. The zero-order valence-corrected chi connectivity index (χ0v) is 12.9. The van der Waals surface area contributed by atoms with E-state index < -0.39 is 11.9 Å². The number of carboxylic acids is 1. The van der Waals surface area contributed by atoms with E-state index >= 15 is 0 Å². The molecule has 1 aromatic carbocycles. The molecular weight excluding hydrogens is 278 g/mol. The SMILES string of the molecule is C=CC(CC(=O)N1CCC[C@@H](C(=O)O)[C@H]1C)c1ccccc1. The summed E-state index contributed by atoms with van der Waals surface area (Å²) in [7, 11) is 0. The van der Waals surface area contributed by atoms with Crippen LogP contribution in [0.15, 0.2) is 43.0 Å². The number of piperidine rings is 1. The number of aliphatic carboxylic acids is 1. The highest BCUT2D eigenvalue weighted by Crippen LogP contribution is 2.27. The van der Waals surface area contributed by atoms with Crippen molar-refractivity contribution in [3.63, 3.8) is 0 Å². The second-order valence-corrected chi connectivity index (χ2v) is 5.87. The van der Waals surface area contributed by atoms with E-state index in [0.29, 0.717) is 19.4 Å². The molecule has 0 bridgehead atoms. The Balaban J connectivity index is 2.07. The molecule has 4 nitrogen and oxygen atoms in total. The number of benzene rings is 1. The molecule has 1 amide bonds. The van der Waals surface area contributed by atoms with Gasteiger partial charge in [-0.05, 0) is 25.3 Å². The van der Waals surface area contributed by atoms with Crippen molar-refractivity contribution in [1.82, 2.24) is 4.90 Å². The van der Waals surface area contributed by atoms with Gasteiger partial charge in [0.25, 0.3) is 0 Å². The van der Waals surface area contributed by atoms with Crippen LogP contribution in [0, 0.1) is 5.92 Å². The number of carbonyl (C=O) groups excluding carboxylic acids is 1. The average Bonchev–Trinajstić information content (AvgIpc) is 2.53. The van der Waals surface area contributed by atoms with Gasteiger partial charge in [-0.1, -0.05) is 36.4 Å². The van der Waals surface area contributed by atoms with E-state index in [2.05, 4.69) is 6.58 Å². The van der Waals surface area contributed by atoms with Crippen LogP contribution in [0.25, 0.3) is 0 Å². The van der Waals surface area contributed by atoms with E-state index in [-0.39, 0.29) is 17.9 Å². The summed E-state index contributed by atoms with van der Waals surface area (Å²) in [5.74, 6) is -1.30. The average molecular weight is 301 g/mol. The van der Waals surface area contributed by atoms with Crippen molar-refractivity contribution >= 4 is 11.9 Å². The number of amides is 1. The number of allylic oxidation sites excluding steroid dienone is 1. The first kappa shape index (κ1) is 16.3. The van der Waals surface area contributed by atoms with E-state index in [9.17, 15) is 14.7 Å². The molecule has 0 radical (unpaired) electrons. The van der Waals surface area contributed by atoms with Crippen LogP contribution >= 0.6 is 0 Å². The van der Waals surface area contributed by atoms with Crippen LogP contribution in [0.1, 0.15) is 37.7 Å². The summed E-state index contributed by atoms with van der Waals surface area (Å²) in [6.07, 6.45) is 3.52. The van der Waals surface area contributed by atoms with Crippen LogP contribution in [-0.4, -0.2) is 34.5 Å². The highest BCUT2D eigenvalue weighted by atomic mass is 16.4. The molecule has 1 aromatic rings. The summed E-state index contributed by atoms with van der Waals surface area (Å²) in [5.41, 5.74) is 1.06. The van der Waals surface area contributed by atoms with Gasteiger partial charge in [-0.3, -0.25) is 9.59 Å². The van der Waals surface area contributed by atoms with E-state index in [1.165, 1.54) is 0 Å². The minimum Gasteiger partial charge on any atom is -0.481 e. The Morgan fingerprint density at radius 2 is 2.09 bits per heavy atom. The number of nitrogens with zero attached hydrogens (tertiary/aromatic N) is 1. The Bertz CT molecular complexity index is 541. The molecule has 4 heteroatoms. The minimum atomic E-state index is -0.812. The largest absolute Gasteiger partial charge is 0.481 e. The highest BCUT2D eigenvalue weighted by molar-refractivity contribution is 5.79. The Kier molecular flexibility index (Phi) is 5.36. The molecule has 0 aliphatic carbocycles. The van der Waals surface area contributed by atoms with Gasteiger partial charge in [0.15, 0.2) is 0 Å². The highest BCUT2D eigenvalue weighted by Gasteiger charge is 2.35. The van der Waals surface area contributed by atoms with Crippen molar-refractivity contribution in [2.45, 2.75) is 38.1 Å². The van der Waals surface area contributed by atoms with Crippen LogP contribution in [0.4, 0.5) is 0 Å². The fourth-order valence-electron chi connectivity index (χ4n) is 3.17. The lowest BCUT2D eigenvalue weighted by Gasteiger charge is -2.38. The summed E-state index contributed by atoms with van der Waals surface area (Å²) < 4.78 is 0. The second kappa shape index (κ2) is 7.25. The third-order valence-corrected chi connectivity index (χ3v) is 4.53. The Morgan fingerprint density at radius 3 is 2.68 bits per heavy atom. The third-order valence-electron chi connectivity index (χ3n) is 4.53. The number of likely N-dealkylation sites (tertiary alicyclic amines) is 1. The van der Waals surface area contributed by atoms with Gasteiger partial charge in [0, 0.05) is 24.9 Å². The monoisotopic (exact) mass is 301 g/mol. The summed E-state index contributed by atoms with van der Waals surface area (Å²) in [6, 6.07) is 9.55. The summed E-state index contributed by atoms with van der Waals surface area (Å²) in [6.45, 7) is 6.31. The smallest absolute Gasteiger partial charge is 0.308 e. The van der Waals surface area contributed by atoms with Crippen molar-refractivity contribution in [1.29, 1.82) is 0 Å². The zero-order valence-electron chi connectivity index (χ0n) is 12.9. The van der Waals surface area contributed by atoms with Crippen LogP contribution in [0.5, 0.6) is 0 Å². The molecule has 1 heterocycles. The lowest BCUT2D eigenvalue weighted by molar-refractivity contribution is -0.149. The molecule has 1 aliphatic rings. The zero-order chi connectivity index (χ0) is 16.1. The van der Waals surface area contributed by atoms with Crippen LogP contribution in [0.3, 0.4) is 0 Å². The predicted octanol–water partition coefficient (Wildman–Crippen LogP) is 3.06. The van der Waals surface area contributed by atoms with Crippen LogP contribution < -0.4 is 0 Å². The standard InChI is InChI=1S/C18H23NO3/c1-3-14(15-8-5-4-6-9-15)12-17(20)19-11-7-10-16(13(19)2)18(21)22/h3-6,8-9,13-14,16H,1,7,10-12H2,2H3,(H,21,22)/t13-,14?,16-/m1/s1. The topological polar surface area (TPSA) is 57.6 Å². The van der Waals surface area contributed by atoms with Gasteiger partial charge in [-0.25, -0.2) is 0 Å². The Hall–Kier alpha value is -2.10. The molecule has 1 aliphatic heterocycles. The quantitative estimate of drug-likeness (QED) is 0.850. The number of carbonyl (C=O) groups is 2. The van der Waals surface area contributed by atoms with Crippen molar-refractivity contribution in [3.05, 3.63) is 48.6 Å². The van der Waals surface area contributed by atoms with Gasteiger partial charge in [0.2, 0.25) is 5.91 Å². The number of carboxylic acid groups (broad SMARTS) is 1. The fourth-order valence-corrected chi connectivity index (χ4v) is 3.17. The molecule has 0 spiro atoms. The van der Waals surface area contributed by atoms with E-state index in [1.807, 2.05) is 37.3 Å². The van der Waals surface area contributed by atoms with Crippen molar-refractivity contribution in [3.8, 4) is 0 Å². The van der Waals surface area contributed by atoms with Gasteiger partial charge < -0.3 is 10.0 Å². The summed E-state index contributed by atoms with van der Waals surface area (Å²) in [5, 5.41) is 9.26. The van der Waals surface area contributed by atoms with Gasteiger partial charge >= 0.3 is 5.97 Å². The second-order valence-electron chi connectivity index (χ2n) is 5.87. The van der Waals surface area contributed by atoms with Gasteiger partial charge in [-0.15, -0.1) is 6.58 Å². The molecule has 1 saturated heterocycles. The van der Waals surface area contributed by atoms with Gasteiger partial charge in [-0.2, -0.15) is 0 Å². The number of hydrogen-bond donors (Lipinski definition) is 1. The summed E-state index contributed by atoms with van der Waals surface area (Å²) >= 11 is 0. The first-order chi connectivity index (χ1) is 10.5. The molecular formula is C18H23NO3. The third kappa shape index (κ3) is 3.56. The Labute approximate surface area is 131 Å². The molecule has 1 unspecified atom stereocenters. The van der Waals surface area contributed by atoms with Crippen LogP contribution in [-0.2, 0) is 9.59 Å². The number of hydrogen-bond acceptors (Lipinski definition) is 2. The first-order valence-electron chi connectivity index (χ1n) is 7.74. The van der Waals surface area contributed by atoms with Gasteiger partial charge in [0.05, 0.1) is 5.92 Å². The predicted molar refractivity (Wildman–Crippen MR) is 85.5 cm³/mol. The maximum Gasteiger partial charge on any atom is 0.308 e. The summed E-state index contributed by atoms with van der Waals surface area (Å²) in [4.78, 5) is 25.6. The fraction of sp³-hybridized carbons (Fsp3) is 0.444. The maximum absolute atomic E-state index is 12.6. The molecule has 1 fully saturated rings. The maximum atomic E-state index is 12.6. The van der Waals surface area contributed by atoms with E-state index in [0.717, 1.165) is 12.0 Å². The van der Waals surface area contributed by atoms with Gasteiger partial charge in [0.1, 0.15) is 0 Å². The molecule has 0 saturated carbocycles. The minimum absolute atomic E-state index is 0.00667. The van der Waals surface area contributed by atoms with E-state index in [1.54, 1.807) is 11.0 Å². The first-order valence-corrected chi connectivity index (χ1v) is 7.74. The lowest BCUT2D eigenvalue weighted by Crippen LogP contribution is -2.49.